The lowest BCUT2D eigenvalue weighted by Crippen LogP contribution is -2.57. The Hall–Kier alpha value is -2.04. The Labute approximate surface area is 106 Å². The standard InChI is InChI=1S/C13H16N2O3/c1-3-18-11-6-4-10(5-7-11)15-8-12(16)14-13(17)9(15)2/h4-7,9H,3,8H2,1-2H3,(H,14,16,17). The minimum atomic E-state index is -0.347. The molecule has 5 heteroatoms. The SMILES string of the molecule is CCOc1ccc(N2CC(=O)NC(=O)C2C)cc1. The molecule has 1 atom stereocenters. The molecule has 0 spiro atoms. The predicted molar refractivity (Wildman–Crippen MR) is 67.6 cm³/mol. The Balaban J connectivity index is 2.19. The Morgan fingerprint density at radius 1 is 1.33 bits per heavy atom. The second-order valence-corrected chi connectivity index (χ2v) is 4.14. The van der Waals surface area contributed by atoms with Gasteiger partial charge in [0, 0.05) is 5.69 Å². The third-order valence-electron chi connectivity index (χ3n) is 2.90. The van der Waals surface area contributed by atoms with E-state index in [9.17, 15) is 9.59 Å². The van der Waals surface area contributed by atoms with Crippen LogP contribution >= 0.6 is 0 Å². The van der Waals surface area contributed by atoms with E-state index in [2.05, 4.69) is 5.32 Å². The molecule has 0 aromatic heterocycles. The van der Waals surface area contributed by atoms with E-state index < -0.39 is 0 Å². The molecule has 0 radical (unpaired) electrons. The molecule has 96 valence electrons. The molecule has 0 aliphatic carbocycles. The lowest BCUT2D eigenvalue weighted by Gasteiger charge is -2.33. The van der Waals surface area contributed by atoms with E-state index in [0.717, 1.165) is 11.4 Å². The Kier molecular flexibility index (Phi) is 3.50. The number of nitrogens with zero attached hydrogens (tertiary/aromatic N) is 1. The lowest BCUT2D eigenvalue weighted by atomic mass is 10.1. The van der Waals surface area contributed by atoms with Crippen LogP contribution in [0.1, 0.15) is 13.8 Å². The fourth-order valence-electron chi connectivity index (χ4n) is 1.93. The summed E-state index contributed by atoms with van der Waals surface area (Å²) in [6.07, 6.45) is 0. The van der Waals surface area contributed by atoms with Gasteiger partial charge in [0.05, 0.1) is 13.2 Å². The fraction of sp³-hybridized carbons (Fsp3) is 0.385. The lowest BCUT2D eigenvalue weighted by molar-refractivity contribution is -0.132. The fourth-order valence-corrected chi connectivity index (χ4v) is 1.93. The van der Waals surface area contributed by atoms with Crippen molar-refractivity contribution in [2.24, 2.45) is 0 Å². The molecule has 5 nitrogen and oxygen atoms in total. The van der Waals surface area contributed by atoms with Crippen molar-refractivity contribution in [1.82, 2.24) is 5.32 Å². The highest BCUT2D eigenvalue weighted by Gasteiger charge is 2.30. The van der Waals surface area contributed by atoms with E-state index in [4.69, 9.17) is 4.74 Å². The Morgan fingerprint density at radius 3 is 2.61 bits per heavy atom. The molecule has 1 aromatic rings. The average Bonchev–Trinajstić information content (AvgIpc) is 2.35. The second kappa shape index (κ2) is 5.08. The molecule has 1 saturated heterocycles. The molecular weight excluding hydrogens is 232 g/mol. The first-order valence-electron chi connectivity index (χ1n) is 5.95. The number of ether oxygens (including phenoxy) is 1. The summed E-state index contributed by atoms with van der Waals surface area (Å²) < 4.78 is 5.35. The zero-order valence-corrected chi connectivity index (χ0v) is 10.5. The van der Waals surface area contributed by atoms with Crippen LogP contribution in [0, 0.1) is 0 Å². The molecule has 0 saturated carbocycles. The van der Waals surface area contributed by atoms with Crippen LogP contribution in [0.3, 0.4) is 0 Å². The number of nitrogens with one attached hydrogen (secondary N) is 1. The number of benzene rings is 1. The van der Waals surface area contributed by atoms with Crippen LogP contribution in [-0.4, -0.2) is 31.0 Å². The van der Waals surface area contributed by atoms with Gasteiger partial charge in [0.15, 0.2) is 0 Å². The van der Waals surface area contributed by atoms with Gasteiger partial charge in [0.2, 0.25) is 11.8 Å². The van der Waals surface area contributed by atoms with Crippen molar-refractivity contribution in [1.29, 1.82) is 0 Å². The van der Waals surface area contributed by atoms with Crippen LogP contribution in [0.5, 0.6) is 5.75 Å². The highest BCUT2D eigenvalue weighted by molar-refractivity contribution is 6.04. The summed E-state index contributed by atoms with van der Waals surface area (Å²) in [5.41, 5.74) is 0.842. The number of hydrogen-bond acceptors (Lipinski definition) is 4. The van der Waals surface area contributed by atoms with Crippen molar-refractivity contribution in [2.45, 2.75) is 19.9 Å². The van der Waals surface area contributed by atoms with Gasteiger partial charge in [0.1, 0.15) is 11.8 Å². The summed E-state index contributed by atoms with van der Waals surface area (Å²) in [7, 11) is 0. The summed E-state index contributed by atoms with van der Waals surface area (Å²) in [6, 6.07) is 7.03. The minimum absolute atomic E-state index is 0.195. The molecule has 1 aliphatic heterocycles. The second-order valence-electron chi connectivity index (χ2n) is 4.14. The van der Waals surface area contributed by atoms with E-state index in [-0.39, 0.29) is 24.4 Å². The highest BCUT2D eigenvalue weighted by atomic mass is 16.5. The number of imide groups is 1. The zero-order valence-electron chi connectivity index (χ0n) is 10.5. The van der Waals surface area contributed by atoms with Crippen LogP contribution in [0.2, 0.25) is 0 Å². The summed E-state index contributed by atoms with van der Waals surface area (Å²) in [6.45, 7) is 4.50. The normalized spacial score (nSPS) is 19.7. The van der Waals surface area contributed by atoms with Crippen LogP contribution in [-0.2, 0) is 9.59 Å². The summed E-state index contributed by atoms with van der Waals surface area (Å²) in [5.74, 6) is 0.244. The number of amides is 2. The smallest absolute Gasteiger partial charge is 0.249 e. The van der Waals surface area contributed by atoms with Gasteiger partial charge < -0.3 is 9.64 Å². The Morgan fingerprint density at radius 2 is 2.00 bits per heavy atom. The van der Waals surface area contributed by atoms with Crippen molar-refractivity contribution in [2.75, 3.05) is 18.1 Å². The first-order chi connectivity index (χ1) is 8.61. The first kappa shape index (κ1) is 12.4. The van der Waals surface area contributed by atoms with Gasteiger partial charge in [-0.25, -0.2) is 0 Å². The number of carbonyl (C=O) groups excluding carboxylic acids is 2. The van der Waals surface area contributed by atoms with Gasteiger partial charge in [0.25, 0.3) is 0 Å². The van der Waals surface area contributed by atoms with Crippen molar-refractivity contribution in [3.05, 3.63) is 24.3 Å². The topological polar surface area (TPSA) is 58.6 Å². The van der Waals surface area contributed by atoms with Crippen LogP contribution in [0.4, 0.5) is 5.69 Å². The van der Waals surface area contributed by atoms with E-state index >= 15 is 0 Å². The van der Waals surface area contributed by atoms with Crippen LogP contribution in [0.15, 0.2) is 24.3 Å². The summed E-state index contributed by atoms with van der Waals surface area (Å²) in [4.78, 5) is 24.7. The zero-order chi connectivity index (χ0) is 13.1. The molecule has 1 heterocycles. The molecule has 0 bridgehead atoms. The number of hydrogen-bond donors (Lipinski definition) is 1. The first-order valence-corrected chi connectivity index (χ1v) is 5.95. The van der Waals surface area contributed by atoms with Gasteiger partial charge >= 0.3 is 0 Å². The number of carbonyl (C=O) groups is 2. The van der Waals surface area contributed by atoms with E-state index in [1.165, 1.54) is 0 Å². The van der Waals surface area contributed by atoms with Crippen molar-refractivity contribution in [3.8, 4) is 5.75 Å². The van der Waals surface area contributed by atoms with Gasteiger partial charge in [-0.05, 0) is 38.1 Å². The van der Waals surface area contributed by atoms with Crippen molar-refractivity contribution < 1.29 is 14.3 Å². The third kappa shape index (κ3) is 2.45. The maximum Gasteiger partial charge on any atom is 0.249 e. The molecule has 2 amide bonds. The summed E-state index contributed by atoms with van der Waals surface area (Å²) >= 11 is 0. The van der Waals surface area contributed by atoms with E-state index in [1.807, 2.05) is 31.2 Å². The van der Waals surface area contributed by atoms with Gasteiger partial charge in [-0.2, -0.15) is 0 Å². The predicted octanol–water partition coefficient (Wildman–Crippen LogP) is 0.937. The molecule has 1 fully saturated rings. The molecule has 1 aromatic carbocycles. The van der Waals surface area contributed by atoms with E-state index in [0.29, 0.717) is 6.61 Å². The number of rotatable bonds is 3. The largest absolute Gasteiger partial charge is 0.494 e. The van der Waals surface area contributed by atoms with E-state index in [1.54, 1.807) is 11.8 Å². The molecule has 18 heavy (non-hydrogen) atoms. The Bertz CT molecular complexity index is 456. The van der Waals surface area contributed by atoms with Gasteiger partial charge in [-0.3, -0.25) is 14.9 Å². The molecular formula is C13H16N2O3. The highest BCUT2D eigenvalue weighted by Crippen LogP contribution is 2.22. The number of anilines is 1. The quantitative estimate of drug-likeness (QED) is 0.809. The molecule has 1 N–H and O–H groups in total. The van der Waals surface area contributed by atoms with Gasteiger partial charge in [-0.1, -0.05) is 0 Å². The molecule has 1 aliphatic rings. The van der Waals surface area contributed by atoms with Crippen LogP contribution < -0.4 is 15.0 Å². The van der Waals surface area contributed by atoms with Crippen molar-refractivity contribution in [3.63, 3.8) is 0 Å². The average molecular weight is 248 g/mol. The molecule has 1 unspecified atom stereocenters. The molecule has 2 rings (SSSR count). The monoisotopic (exact) mass is 248 g/mol. The third-order valence-corrected chi connectivity index (χ3v) is 2.90. The summed E-state index contributed by atoms with van der Waals surface area (Å²) in [5, 5.41) is 2.32. The van der Waals surface area contributed by atoms with Gasteiger partial charge in [-0.15, -0.1) is 0 Å². The van der Waals surface area contributed by atoms with Crippen LogP contribution in [0.25, 0.3) is 0 Å². The van der Waals surface area contributed by atoms with Crippen molar-refractivity contribution >= 4 is 17.5 Å². The maximum atomic E-state index is 11.6. The number of piperazine rings is 1. The minimum Gasteiger partial charge on any atom is -0.494 e. The maximum absolute atomic E-state index is 11.6.